The predicted octanol–water partition coefficient (Wildman–Crippen LogP) is 2.61. The van der Waals surface area contributed by atoms with Crippen LogP contribution in [0.5, 0.6) is 0 Å². The summed E-state index contributed by atoms with van der Waals surface area (Å²) in [5, 5.41) is 7.07. The van der Waals surface area contributed by atoms with E-state index in [2.05, 4.69) is 15.5 Å². The molecule has 23 heavy (non-hydrogen) atoms. The first-order valence-corrected chi connectivity index (χ1v) is 8.63. The van der Waals surface area contributed by atoms with Gasteiger partial charge < -0.3 is 19.5 Å². The molecule has 2 unspecified atom stereocenters. The fourth-order valence-electron chi connectivity index (χ4n) is 3.31. The third-order valence-electron chi connectivity index (χ3n) is 4.77. The molecule has 1 saturated heterocycles. The van der Waals surface area contributed by atoms with E-state index in [0.717, 1.165) is 18.7 Å². The molecule has 2 aliphatic rings. The minimum Gasteiger partial charge on any atom is -0.377 e. The van der Waals surface area contributed by atoms with Gasteiger partial charge in [0.2, 0.25) is 5.89 Å². The van der Waals surface area contributed by atoms with Gasteiger partial charge in [0, 0.05) is 12.5 Å². The molecule has 2 amide bonds. The Morgan fingerprint density at radius 1 is 1.35 bits per heavy atom. The zero-order valence-electron chi connectivity index (χ0n) is 14.0. The average molecular weight is 322 g/mol. The van der Waals surface area contributed by atoms with Crippen LogP contribution in [0.4, 0.5) is 4.79 Å². The Morgan fingerprint density at radius 2 is 2.13 bits per heavy atom. The highest BCUT2D eigenvalue weighted by Gasteiger charge is 2.27. The van der Waals surface area contributed by atoms with Crippen LogP contribution in [0.1, 0.15) is 69.6 Å². The molecule has 1 aliphatic heterocycles. The van der Waals surface area contributed by atoms with Crippen molar-refractivity contribution >= 4 is 6.03 Å². The largest absolute Gasteiger partial charge is 0.377 e. The summed E-state index contributed by atoms with van der Waals surface area (Å²) in [4.78, 5) is 18.7. The van der Waals surface area contributed by atoms with Gasteiger partial charge in [-0.3, -0.25) is 0 Å². The second-order valence-corrected chi connectivity index (χ2v) is 6.61. The quantitative estimate of drug-likeness (QED) is 0.925. The van der Waals surface area contributed by atoms with Gasteiger partial charge in [-0.1, -0.05) is 24.4 Å². The Morgan fingerprint density at radius 3 is 2.87 bits per heavy atom. The van der Waals surface area contributed by atoms with Crippen molar-refractivity contribution in [2.45, 2.75) is 64.0 Å². The lowest BCUT2D eigenvalue weighted by Gasteiger charge is -2.33. The van der Waals surface area contributed by atoms with E-state index in [-0.39, 0.29) is 18.1 Å². The fraction of sp³-hybridized carbons (Fsp3) is 0.812. The summed E-state index contributed by atoms with van der Waals surface area (Å²) in [6.45, 7) is 5.63. The normalized spacial score (nSPS) is 24.4. The summed E-state index contributed by atoms with van der Waals surface area (Å²) in [5.41, 5.74) is 0. The van der Waals surface area contributed by atoms with Crippen LogP contribution in [0.3, 0.4) is 0 Å². The molecule has 1 aromatic rings. The maximum absolute atomic E-state index is 12.4. The van der Waals surface area contributed by atoms with E-state index in [1.54, 1.807) is 4.90 Å². The van der Waals surface area contributed by atoms with E-state index in [0.29, 0.717) is 31.6 Å². The summed E-state index contributed by atoms with van der Waals surface area (Å²) in [6, 6.07) is -0.315. The number of nitrogens with zero attached hydrogens (tertiary/aromatic N) is 3. The Labute approximate surface area is 136 Å². The number of carbonyl (C=O) groups is 1. The molecule has 0 bridgehead atoms. The number of ether oxygens (including phenoxy) is 1. The van der Waals surface area contributed by atoms with E-state index in [4.69, 9.17) is 9.26 Å². The summed E-state index contributed by atoms with van der Waals surface area (Å²) in [7, 11) is 0. The van der Waals surface area contributed by atoms with Crippen LogP contribution in [0, 0.1) is 0 Å². The van der Waals surface area contributed by atoms with Crippen molar-refractivity contribution in [2.75, 3.05) is 19.8 Å². The van der Waals surface area contributed by atoms with Crippen molar-refractivity contribution in [1.82, 2.24) is 20.4 Å². The summed E-state index contributed by atoms with van der Waals surface area (Å²) in [6.07, 6.45) is 6.02. The third kappa shape index (κ3) is 3.83. The number of urea groups is 1. The van der Waals surface area contributed by atoms with Crippen LogP contribution in [-0.2, 0) is 4.74 Å². The topological polar surface area (TPSA) is 80.5 Å². The first-order valence-electron chi connectivity index (χ1n) is 8.63. The van der Waals surface area contributed by atoms with Gasteiger partial charge in [-0.2, -0.15) is 4.98 Å². The first kappa shape index (κ1) is 16.2. The fourth-order valence-corrected chi connectivity index (χ4v) is 3.31. The molecule has 1 N–H and O–H groups in total. The molecule has 2 atom stereocenters. The molecule has 0 spiro atoms. The lowest BCUT2D eigenvalue weighted by atomic mass is 9.89. The molecule has 128 valence electrons. The average Bonchev–Trinajstić information content (AvgIpc) is 3.06. The molecule has 3 rings (SSSR count). The van der Waals surface area contributed by atoms with E-state index < -0.39 is 0 Å². The van der Waals surface area contributed by atoms with Gasteiger partial charge >= 0.3 is 6.03 Å². The Hall–Kier alpha value is -1.63. The van der Waals surface area contributed by atoms with Crippen LogP contribution in [0.25, 0.3) is 0 Å². The van der Waals surface area contributed by atoms with Gasteiger partial charge in [-0.15, -0.1) is 0 Å². The first-order chi connectivity index (χ1) is 11.1. The van der Waals surface area contributed by atoms with Gasteiger partial charge in [0.15, 0.2) is 5.82 Å². The Kier molecular flexibility index (Phi) is 5.15. The SMILES string of the molecule is CC(NC(=O)N1CCOCC1C)c1nc(C2CCCCC2)no1. The highest BCUT2D eigenvalue weighted by molar-refractivity contribution is 5.75. The molecule has 0 radical (unpaired) electrons. The molecular weight excluding hydrogens is 296 g/mol. The van der Waals surface area contributed by atoms with Crippen LogP contribution in [-0.4, -0.2) is 46.9 Å². The van der Waals surface area contributed by atoms with Crippen molar-refractivity contribution in [1.29, 1.82) is 0 Å². The minimum absolute atomic E-state index is 0.0800. The monoisotopic (exact) mass is 322 g/mol. The van der Waals surface area contributed by atoms with Crippen LogP contribution < -0.4 is 5.32 Å². The third-order valence-corrected chi connectivity index (χ3v) is 4.77. The van der Waals surface area contributed by atoms with Crippen LogP contribution in [0.2, 0.25) is 0 Å². The van der Waals surface area contributed by atoms with Gasteiger partial charge in [0.1, 0.15) is 6.04 Å². The number of nitrogens with one attached hydrogen (secondary N) is 1. The number of hydrogen-bond donors (Lipinski definition) is 1. The second kappa shape index (κ2) is 7.29. The minimum atomic E-state index is -0.289. The Bertz CT molecular complexity index is 527. The molecule has 2 fully saturated rings. The van der Waals surface area contributed by atoms with Crippen molar-refractivity contribution < 1.29 is 14.1 Å². The number of carbonyl (C=O) groups excluding carboxylic acids is 1. The molecule has 1 aromatic heterocycles. The second-order valence-electron chi connectivity index (χ2n) is 6.61. The van der Waals surface area contributed by atoms with E-state index in [9.17, 15) is 4.79 Å². The van der Waals surface area contributed by atoms with Crippen molar-refractivity contribution in [3.8, 4) is 0 Å². The number of amides is 2. The summed E-state index contributed by atoms with van der Waals surface area (Å²) < 4.78 is 10.7. The predicted molar refractivity (Wildman–Crippen MR) is 84.1 cm³/mol. The van der Waals surface area contributed by atoms with Crippen molar-refractivity contribution in [3.05, 3.63) is 11.7 Å². The van der Waals surface area contributed by atoms with Gasteiger partial charge in [0.25, 0.3) is 0 Å². The molecular formula is C16H26N4O3. The number of morpholine rings is 1. The zero-order valence-corrected chi connectivity index (χ0v) is 14.0. The number of aromatic nitrogens is 2. The molecule has 7 heteroatoms. The molecule has 0 aromatic carbocycles. The maximum Gasteiger partial charge on any atom is 0.318 e. The molecule has 1 saturated carbocycles. The number of rotatable bonds is 3. The van der Waals surface area contributed by atoms with Gasteiger partial charge in [-0.05, 0) is 26.7 Å². The summed E-state index contributed by atoms with van der Waals surface area (Å²) in [5.74, 6) is 1.68. The highest BCUT2D eigenvalue weighted by Crippen LogP contribution is 2.31. The summed E-state index contributed by atoms with van der Waals surface area (Å²) >= 11 is 0. The van der Waals surface area contributed by atoms with Gasteiger partial charge in [0.05, 0.1) is 19.3 Å². The lowest BCUT2D eigenvalue weighted by molar-refractivity contribution is 0.0183. The lowest BCUT2D eigenvalue weighted by Crippen LogP contribution is -2.51. The van der Waals surface area contributed by atoms with E-state index in [1.165, 1.54) is 19.3 Å². The van der Waals surface area contributed by atoms with Crippen LogP contribution >= 0.6 is 0 Å². The van der Waals surface area contributed by atoms with Crippen molar-refractivity contribution in [3.63, 3.8) is 0 Å². The molecule has 7 nitrogen and oxygen atoms in total. The highest BCUT2D eigenvalue weighted by atomic mass is 16.5. The standard InChI is InChI=1S/C16H26N4O3/c1-11-10-22-9-8-20(11)16(21)17-12(2)15-18-14(19-23-15)13-6-4-3-5-7-13/h11-13H,3-10H2,1-2H3,(H,17,21). The smallest absolute Gasteiger partial charge is 0.318 e. The van der Waals surface area contributed by atoms with Crippen LogP contribution in [0.15, 0.2) is 4.52 Å². The maximum atomic E-state index is 12.4. The van der Waals surface area contributed by atoms with E-state index in [1.807, 2.05) is 13.8 Å². The zero-order chi connectivity index (χ0) is 16.2. The van der Waals surface area contributed by atoms with Crippen molar-refractivity contribution in [2.24, 2.45) is 0 Å². The van der Waals surface area contributed by atoms with Gasteiger partial charge in [-0.25, -0.2) is 4.79 Å². The molecule has 2 heterocycles. The number of hydrogen-bond acceptors (Lipinski definition) is 5. The Balaban J connectivity index is 1.58. The van der Waals surface area contributed by atoms with E-state index >= 15 is 0 Å². The molecule has 1 aliphatic carbocycles.